The van der Waals surface area contributed by atoms with Gasteiger partial charge < -0.3 is 66.9 Å². The van der Waals surface area contributed by atoms with Gasteiger partial charge in [0.25, 0.3) is 0 Å². The lowest BCUT2D eigenvalue weighted by atomic mass is 10.2. The molecule has 15 nitrogen and oxygen atoms in total. The van der Waals surface area contributed by atoms with Gasteiger partial charge >= 0.3 is 6.09 Å². The quantitative estimate of drug-likeness (QED) is 0.0714. The third kappa shape index (κ3) is 47.1. The minimum absolute atomic E-state index is 0.382. The monoisotopic (exact) mass is 763 g/mol. The first kappa shape index (κ1) is 50.1. The van der Waals surface area contributed by atoms with Gasteiger partial charge in [0.2, 0.25) is 0 Å². The second-order valence-corrected chi connectivity index (χ2v) is 12.3. The Balaban J connectivity index is 3.09. The summed E-state index contributed by atoms with van der Waals surface area (Å²) in [5.74, 6) is 0.740. The highest BCUT2D eigenvalue weighted by molar-refractivity contribution is 6.17. The number of halogens is 1. The molecule has 0 bridgehead atoms. The van der Waals surface area contributed by atoms with Gasteiger partial charge in [0, 0.05) is 19.0 Å². The van der Waals surface area contributed by atoms with Gasteiger partial charge in [-0.05, 0) is 33.6 Å². The van der Waals surface area contributed by atoms with E-state index in [1.165, 1.54) is 6.42 Å². The Morgan fingerprint density at radius 3 is 0.922 bits per heavy atom. The number of carbonyl (C=O) groups is 1. The third-order valence-corrected chi connectivity index (χ3v) is 6.45. The van der Waals surface area contributed by atoms with E-state index in [2.05, 4.69) is 5.32 Å². The standard InChI is InChI=1S/C35H70ClNO14/c1-35(2,3)51-34(38)37-9-11-40-13-15-42-17-19-44-21-23-46-25-27-48-29-31-50-33-32-49-30-28-47-26-24-45-22-20-43-18-16-41-14-12-39-10-7-5-4-6-8-36/h4-33H2,1-3H3,(H,37,38). The molecule has 0 unspecified atom stereocenters. The van der Waals surface area contributed by atoms with E-state index in [9.17, 15) is 4.79 Å². The predicted molar refractivity (Wildman–Crippen MR) is 193 cm³/mol. The molecule has 0 aliphatic rings. The van der Waals surface area contributed by atoms with Crippen molar-refractivity contribution < 1.29 is 66.4 Å². The molecule has 16 heteroatoms. The normalized spacial score (nSPS) is 11.8. The summed E-state index contributed by atoms with van der Waals surface area (Å²) in [5.41, 5.74) is -0.512. The van der Waals surface area contributed by atoms with Gasteiger partial charge in [0.05, 0.1) is 152 Å². The number of unbranched alkanes of at least 4 members (excludes halogenated alkanes) is 3. The maximum atomic E-state index is 11.5. The molecule has 51 heavy (non-hydrogen) atoms. The van der Waals surface area contributed by atoms with Gasteiger partial charge in [-0.25, -0.2) is 4.79 Å². The van der Waals surface area contributed by atoms with E-state index < -0.39 is 11.7 Å². The topological polar surface area (TPSA) is 149 Å². The van der Waals surface area contributed by atoms with Crippen LogP contribution in [-0.2, 0) is 61.6 Å². The number of amides is 1. The Kier molecular flexibility index (Phi) is 41.1. The summed E-state index contributed by atoms with van der Waals surface area (Å²) in [5, 5.41) is 2.63. The van der Waals surface area contributed by atoms with Crippen LogP contribution >= 0.6 is 11.6 Å². The minimum Gasteiger partial charge on any atom is -0.444 e. The van der Waals surface area contributed by atoms with Crippen LogP contribution in [0.1, 0.15) is 46.5 Å². The van der Waals surface area contributed by atoms with Crippen LogP contribution in [0.3, 0.4) is 0 Å². The molecule has 306 valence electrons. The van der Waals surface area contributed by atoms with Gasteiger partial charge in [-0.1, -0.05) is 12.8 Å². The second kappa shape index (κ2) is 41.8. The number of alkyl halides is 1. The van der Waals surface area contributed by atoms with Crippen molar-refractivity contribution >= 4 is 17.7 Å². The molecule has 1 amide bonds. The van der Waals surface area contributed by atoms with E-state index in [0.717, 1.165) is 31.7 Å². The van der Waals surface area contributed by atoms with Crippen molar-refractivity contribution in [2.75, 3.05) is 171 Å². The number of carbonyl (C=O) groups excluding carboxylic acids is 1. The van der Waals surface area contributed by atoms with Crippen LogP contribution in [0.4, 0.5) is 4.79 Å². The molecule has 0 saturated carbocycles. The first-order valence-corrected chi connectivity index (χ1v) is 18.9. The van der Waals surface area contributed by atoms with Crippen molar-refractivity contribution in [1.82, 2.24) is 5.32 Å². The molecule has 0 aliphatic heterocycles. The summed E-state index contributed by atoms with van der Waals surface area (Å²) in [6.07, 6.45) is 4.03. The predicted octanol–water partition coefficient (Wildman–Crippen LogP) is 3.51. The Morgan fingerprint density at radius 1 is 0.392 bits per heavy atom. The molecular weight excluding hydrogens is 694 g/mol. The third-order valence-electron chi connectivity index (χ3n) is 6.18. The molecule has 0 spiro atoms. The zero-order chi connectivity index (χ0) is 37.2. The van der Waals surface area contributed by atoms with Gasteiger partial charge in [-0.3, -0.25) is 0 Å². The Labute approximate surface area is 312 Å². The molecule has 0 saturated heterocycles. The van der Waals surface area contributed by atoms with Gasteiger partial charge in [0.15, 0.2) is 0 Å². The molecule has 1 N–H and O–H groups in total. The molecule has 0 aromatic carbocycles. The van der Waals surface area contributed by atoms with E-state index in [4.69, 9.17) is 73.2 Å². The van der Waals surface area contributed by atoms with E-state index in [1.54, 1.807) is 0 Å². The molecule has 0 aromatic rings. The average Bonchev–Trinajstić information content (AvgIpc) is 3.09. The molecule has 0 aliphatic carbocycles. The molecule has 0 radical (unpaired) electrons. The van der Waals surface area contributed by atoms with Crippen LogP contribution in [0, 0.1) is 0 Å². The Bertz CT molecular complexity index is 693. The fourth-order valence-electron chi connectivity index (χ4n) is 3.71. The number of rotatable bonds is 42. The zero-order valence-corrected chi connectivity index (χ0v) is 32.6. The molecule has 0 aromatic heterocycles. The molecule has 0 rings (SSSR count). The second-order valence-electron chi connectivity index (χ2n) is 11.9. The lowest BCUT2D eigenvalue weighted by molar-refractivity contribution is -0.0283. The van der Waals surface area contributed by atoms with Gasteiger partial charge in [0.1, 0.15) is 5.60 Å². The fourth-order valence-corrected chi connectivity index (χ4v) is 3.90. The average molecular weight is 764 g/mol. The van der Waals surface area contributed by atoms with Crippen molar-refractivity contribution in [2.45, 2.75) is 52.1 Å². The van der Waals surface area contributed by atoms with Crippen molar-refractivity contribution in [1.29, 1.82) is 0 Å². The van der Waals surface area contributed by atoms with Crippen LogP contribution < -0.4 is 5.32 Å². The SMILES string of the molecule is CC(C)(C)OC(=O)NCCOCCOCCOCCOCCOCCOCCOCCOCCOCCOCCOCCOCCCCCCCl. The summed E-state index contributed by atoms with van der Waals surface area (Å²) >= 11 is 5.65. The van der Waals surface area contributed by atoms with E-state index >= 15 is 0 Å². The number of hydrogen-bond donors (Lipinski definition) is 1. The van der Waals surface area contributed by atoms with Crippen LogP contribution in [0.15, 0.2) is 0 Å². The van der Waals surface area contributed by atoms with Crippen LogP contribution in [0.25, 0.3) is 0 Å². The van der Waals surface area contributed by atoms with Gasteiger partial charge in [-0.15, -0.1) is 11.6 Å². The van der Waals surface area contributed by atoms with E-state index in [1.807, 2.05) is 20.8 Å². The zero-order valence-electron chi connectivity index (χ0n) is 31.8. The number of ether oxygens (including phenoxy) is 13. The summed E-state index contributed by atoms with van der Waals surface area (Å²) in [7, 11) is 0. The lowest BCUT2D eigenvalue weighted by Gasteiger charge is -2.19. The summed E-state index contributed by atoms with van der Waals surface area (Å²) in [4.78, 5) is 11.5. The molecule has 0 fully saturated rings. The summed E-state index contributed by atoms with van der Waals surface area (Å²) in [6.45, 7) is 18.2. The first-order valence-electron chi connectivity index (χ1n) is 18.4. The van der Waals surface area contributed by atoms with E-state index in [0.29, 0.717) is 159 Å². The molecule has 0 heterocycles. The smallest absolute Gasteiger partial charge is 0.407 e. The van der Waals surface area contributed by atoms with Crippen LogP contribution in [0.5, 0.6) is 0 Å². The van der Waals surface area contributed by atoms with E-state index in [-0.39, 0.29) is 0 Å². The molecule has 0 atom stereocenters. The van der Waals surface area contributed by atoms with Crippen molar-refractivity contribution in [3.63, 3.8) is 0 Å². The number of hydrogen-bond acceptors (Lipinski definition) is 14. The maximum Gasteiger partial charge on any atom is 0.407 e. The first-order chi connectivity index (χ1) is 25.0. The van der Waals surface area contributed by atoms with Crippen molar-refractivity contribution in [3.05, 3.63) is 0 Å². The van der Waals surface area contributed by atoms with Crippen molar-refractivity contribution in [3.8, 4) is 0 Å². The number of alkyl carbamates (subject to hydrolysis) is 1. The summed E-state index contributed by atoms with van der Waals surface area (Å²) in [6, 6.07) is 0. The van der Waals surface area contributed by atoms with Crippen molar-refractivity contribution in [2.24, 2.45) is 0 Å². The minimum atomic E-state index is -0.512. The van der Waals surface area contributed by atoms with Crippen LogP contribution in [-0.4, -0.2) is 183 Å². The maximum absolute atomic E-state index is 11.5. The highest BCUT2D eigenvalue weighted by Gasteiger charge is 2.15. The highest BCUT2D eigenvalue weighted by Crippen LogP contribution is 2.06. The fraction of sp³-hybridized carbons (Fsp3) is 0.971. The molecular formula is C35H70ClNO14. The number of nitrogens with one attached hydrogen (secondary N) is 1. The Hall–Kier alpha value is -0.920. The van der Waals surface area contributed by atoms with Gasteiger partial charge in [-0.2, -0.15) is 0 Å². The van der Waals surface area contributed by atoms with Crippen LogP contribution in [0.2, 0.25) is 0 Å². The highest BCUT2D eigenvalue weighted by atomic mass is 35.5. The summed E-state index contributed by atoms with van der Waals surface area (Å²) < 4.78 is 70.8. The lowest BCUT2D eigenvalue weighted by Crippen LogP contribution is -2.34. The largest absolute Gasteiger partial charge is 0.444 e. The Morgan fingerprint density at radius 2 is 0.647 bits per heavy atom.